The van der Waals surface area contributed by atoms with Crippen molar-refractivity contribution in [3.63, 3.8) is 0 Å². The van der Waals surface area contributed by atoms with Crippen LogP contribution in [-0.2, 0) is 22.3 Å². The van der Waals surface area contributed by atoms with E-state index in [9.17, 15) is 8.42 Å². The van der Waals surface area contributed by atoms with E-state index < -0.39 is 9.84 Å². The Kier molecular flexibility index (Phi) is 3.21. The molecule has 2 rings (SSSR count). The fourth-order valence-electron chi connectivity index (χ4n) is 2.09. The molecule has 0 spiro atoms. The smallest absolute Gasteiger partial charge is 0.151 e. The highest BCUT2D eigenvalue weighted by Crippen LogP contribution is 2.28. The lowest BCUT2D eigenvalue weighted by atomic mass is 10.1. The van der Waals surface area contributed by atoms with Gasteiger partial charge in [0.25, 0.3) is 0 Å². The second-order valence-corrected chi connectivity index (χ2v) is 6.45. The van der Waals surface area contributed by atoms with E-state index >= 15 is 0 Å². The van der Waals surface area contributed by atoms with Gasteiger partial charge in [-0.05, 0) is 13.3 Å². The summed E-state index contributed by atoms with van der Waals surface area (Å²) in [4.78, 5) is 0. The monoisotopic (exact) mass is 263 g/mol. The van der Waals surface area contributed by atoms with E-state index in [4.69, 9.17) is 11.6 Å². The first-order valence-electron chi connectivity index (χ1n) is 5.25. The van der Waals surface area contributed by atoms with Crippen LogP contribution in [0.2, 0.25) is 0 Å². The summed E-state index contributed by atoms with van der Waals surface area (Å²) in [6.07, 6.45) is 0.642. The van der Waals surface area contributed by atoms with Crippen molar-refractivity contribution in [1.29, 1.82) is 0 Å². The molecule has 90 valence electrons. The average molecular weight is 264 g/mol. The Morgan fingerprint density at radius 1 is 1.50 bits per heavy atom. The zero-order chi connectivity index (χ0) is 11.8. The largest absolute Gasteiger partial charge is 0.314 e. The van der Waals surface area contributed by atoms with Crippen molar-refractivity contribution in [3.05, 3.63) is 11.6 Å². The molecule has 0 saturated carbocycles. The molecule has 0 amide bonds. The van der Waals surface area contributed by atoms with Gasteiger partial charge in [0, 0.05) is 12.5 Å². The molecule has 5 nitrogen and oxygen atoms in total. The molecule has 1 aromatic rings. The molecule has 0 aliphatic carbocycles. The van der Waals surface area contributed by atoms with Crippen LogP contribution < -0.4 is 0 Å². The van der Waals surface area contributed by atoms with Gasteiger partial charge in [-0.25, -0.2) is 8.42 Å². The summed E-state index contributed by atoms with van der Waals surface area (Å²) in [5.41, 5.74) is 0. The van der Waals surface area contributed by atoms with E-state index in [0.717, 1.165) is 12.4 Å². The first-order valence-corrected chi connectivity index (χ1v) is 7.61. The molecule has 0 N–H and O–H groups in total. The summed E-state index contributed by atoms with van der Waals surface area (Å²) in [7, 11) is -2.88. The number of alkyl halides is 1. The third-order valence-corrected chi connectivity index (χ3v) is 4.90. The van der Waals surface area contributed by atoms with Crippen LogP contribution in [-0.4, -0.2) is 34.7 Å². The molecule has 1 aromatic heterocycles. The fourth-order valence-corrected chi connectivity index (χ4v) is 4.03. The Morgan fingerprint density at radius 2 is 2.25 bits per heavy atom. The van der Waals surface area contributed by atoms with E-state index in [2.05, 4.69) is 10.2 Å². The molecule has 1 atom stereocenters. The molecule has 0 bridgehead atoms. The van der Waals surface area contributed by atoms with Crippen LogP contribution in [0.15, 0.2) is 0 Å². The lowest BCUT2D eigenvalue weighted by molar-refractivity contribution is 0.596. The Bertz CT molecular complexity index is 483. The molecule has 16 heavy (non-hydrogen) atoms. The predicted octanol–water partition coefficient (Wildman–Crippen LogP) is 0.939. The summed E-state index contributed by atoms with van der Waals surface area (Å²) in [6, 6.07) is 0. The highest BCUT2D eigenvalue weighted by molar-refractivity contribution is 7.91. The van der Waals surface area contributed by atoms with Crippen LogP contribution in [0.25, 0.3) is 0 Å². The molecular formula is C9H14ClN3O2S. The van der Waals surface area contributed by atoms with E-state index in [1.54, 1.807) is 0 Å². The number of hydrogen-bond donors (Lipinski definition) is 0. The van der Waals surface area contributed by atoms with Crippen molar-refractivity contribution >= 4 is 21.4 Å². The van der Waals surface area contributed by atoms with Crippen molar-refractivity contribution < 1.29 is 8.42 Å². The van der Waals surface area contributed by atoms with Gasteiger partial charge in [-0.3, -0.25) is 0 Å². The normalized spacial score (nSPS) is 23.8. The van der Waals surface area contributed by atoms with Crippen LogP contribution >= 0.6 is 11.6 Å². The van der Waals surface area contributed by atoms with Gasteiger partial charge in [0.05, 0.1) is 17.4 Å². The van der Waals surface area contributed by atoms with Crippen LogP contribution in [0, 0.1) is 0 Å². The number of hydrogen-bond acceptors (Lipinski definition) is 4. The predicted molar refractivity (Wildman–Crippen MR) is 61.3 cm³/mol. The summed E-state index contributed by atoms with van der Waals surface area (Å²) >= 11 is 5.75. The summed E-state index contributed by atoms with van der Waals surface area (Å²) in [5, 5.41) is 8.05. The van der Waals surface area contributed by atoms with Crippen molar-refractivity contribution in [2.45, 2.75) is 31.7 Å². The van der Waals surface area contributed by atoms with Crippen molar-refractivity contribution in [2.75, 3.05) is 11.5 Å². The third kappa shape index (κ3) is 2.08. The minimum absolute atomic E-state index is 0.0191. The van der Waals surface area contributed by atoms with Gasteiger partial charge in [0.2, 0.25) is 0 Å². The molecular weight excluding hydrogens is 250 g/mol. The van der Waals surface area contributed by atoms with Gasteiger partial charge in [0.15, 0.2) is 9.84 Å². The van der Waals surface area contributed by atoms with Crippen LogP contribution in [0.4, 0.5) is 0 Å². The van der Waals surface area contributed by atoms with Gasteiger partial charge >= 0.3 is 0 Å². The van der Waals surface area contributed by atoms with E-state index in [-0.39, 0.29) is 17.4 Å². The maximum Gasteiger partial charge on any atom is 0.151 e. The molecule has 1 unspecified atom stereocenters. The number of rotatable bonds is 3. The van der Waals surface area contributed by atoms with Crippen LogP contribution in [0.5, 0.6) is 0 Å². The molecule has 0 radical (unpaired) electrons. The zero-order valence-electron chi connectivity index (χ0n) is 9.06. The Hall–Kier alpha value is -0.620. The van der Waals surface area contributed by atoms with Gasteiger partial charge < -0.3 is 4.57 Å². The van der Waals surface area contributed by atoms with Crippen LogP contribution in [0.1, 0.15) is 30.9 Å². The molecule has 7 heteroatoms. The second kappa shape index (κ2) is 4.33. The van der Waals surface area contributed by atoms with Gasteiger partial charge in [-0.2, -0.15) is 0 Å². The maximum absolute atomic E-state index is 11.4. The van der Waals surface area contributed by atoms with Crippen molar-refractivity contribution in [2.24, 2.45) is 0 Å². The molecule has 0 aromatic carbocycles. The lowest BCUT2D eigenvalue weighted by Gasteiger charge is -2.09. The minimum atomic E-state index is -2.88. The van der Waals surface area contributed by atoms with Crippen molar-refractivity contribution in [1.82, 2.24) is 14.8 Å². The summed E-state index contributed by atoms with van der Waals surface area (Å²) in [5.74, 6) is 2.20. The standard InChI is InChI=1S/C9H14ClN3O2S/c1-2-13-8(5-10)11-12-9(13)7-3-4-16(14,15)6-7/h7H,2-6H2,1H3. The zero-order valence-corrected chi connectivity index (χ0v) is 10.6. The SMILES string of the molecule is CCn1c(CCl)nnc1C1CCS(=O)(=O)C1. The van der Waals surface area contributed by atoms with E-state index in [0.29, 0.717) is 18.1 Å². The molecule has 1 aliphatic rings. The number of halogens is 1. The minimum Gasteiger partial charge on any atom is -0.314 e. The summed E-state index contributed by atoms with van der Waals surface area (Å²) in [6.45, 7) is 2.70. The highest BCUT2D eigenvalue weighted by atomic mass is 35.5. The summed E-state index contributed by atoms with van der Waals surface area (Å²) < 4.78 is 24.7. The highest BCUT2D eigenvalue weighted by Gasteiger charge is 2.32. The van der Waals surface area contributed by atoms with E-state index in [1.807, 2.05) is 11.5 Å². The maximum atomic E-state index is 11.4. The molecule has 2 heterocycles. The topological polar surface area (TPSA) is 64.8 Å². The first kappa shape index (κ1) is 11.9. The average Bonchev–Trinajstić information content (AvgIpc) is 2.80. The Balaban J connectivity index is 2.31. The lowest BCUT2D eigenvalue weighted by Crippen LogP contribution is -2.11. The molecule has 1 saturated heterocycles. The third-order valence-electron chi connectivity index (χ3n) is 2.89. The van der Waals surface area contributed by atoms with Crippen LogP contribution in [0.3, 0.4) is 0 Å². The van der Waals surface area contributed by atoms with Gasteiger partial charge in [0.1, 0.15) is 11.6 Å². The molecule has 1 fully saturated rings. The number of aromatic nitrogens is 3. The second-order valence-electron chi connectivity index (χ2n) is 3.95. The Labute approximate surface area is 99.7 Å². The quantitative estimate of drug-likeness (QED) is 0.762. The van der Waals surface area contributed by atoms with E-state index in [1.165, 1.54) is 0 Å². The van der Waals surface area contributed by atoms with Crippen molar-refractivity contribution in [3.8, 4) is 0 Å². The van der Waals surface area contributed by atoms with Gasteiger partial charge in [-0.15, -0.1) is 21.8 Å². The Morgan fingerprint density at radius 3 is 2.75 bits per heavy atom. The first-order chi connectivity index (χ1) is 7.57. The molecule has 1 aliphatic heterocycles. The van der Waals surface area contributed by atoms with Gasteiger partial charge in [-0.1, -0.05) is 0 Å². The number of nitrogens with zero attached hydrogens (tertiary/aromatic N) is 3. The fraction of sp³-hybridized carbons (Fsp3) is 0.778. The number of sulfone groups is 1.